The number of nitrogens with zero attached hydrogens (tertiary/aromatic N) is 2. The number of aryl methyl sites for hydroxylation is 1. The molecule has 2 fully saturated rings. The van der Waals surface area contributed by atoms with Crippen LogP contribution in [-0.2, 0) is 9.59 Å². The van der Waals surface area contributed by atoms with E-state index in [1.807, 2.05) is 42.2 Å². The smallest absolute Gasteiger partial charge is 0.266 e. The molecule has 0 unspecified atom stereocenters. The fourth-order valence-corrected chi connectivity index (χ4v) is 5.02. The Hall–Kier alpha value is -1.66. The predicted molar refractivity (Wildman–Crippen MR) is 125 cm³/mol. The lowest BCUT2D eigenvalue weighted by Crippen LogP contribution is -2.31. The quantitative estimate of drug-likeness (QED) is 0.340. The lowest BCUT2D eigenvalue weighted by Gasteiger charge is -2.20. The van der Waals surface area contributed by atoms with E-state index in [0.29, 0.717) is 28.1 Å². The highest BCUT2D eigenvalue weighted by Crippen LogP contribution is 2.32. The van der Waals surface area contributed by atoms with Gasteiger partial charge in [0.25, 0.3) is 5.91 Å². The summed E-state index contributed by atoms with van der Waals surface area (Å²) in [6, 6.07) is 8.12. The topological polar surface area (TPSA) is 40.6 Å². The molecule has 1 aromatic carbocycles. The third-order valence-corrected chi connectivity index (χ3v) is 6.86. The van der Waals surface area contributed by atoms with Crippen LogP contribution in [0.25, 0.3) is 6.08 Å². The molecule has 0 saturated carbocycles. The van der Waals surface area contributed by atoms with Crippen molar-refractivity contribution in [3.63, 3.8) is 0 Å². The van der Waals surface area contributed by atoms with E-state index in [2.05, 4.69) is 0 Å². The van der Waals surface area contributed by atoms with Crippen LogP contribution in [0.3, 0.4) is 0 Å². The summed E-state index contributed by atoms with van der Waals surface area (Å²) < 4.78 is 0.633. The Bertz CT molecular complexity index is 766. The molecule has 0 bridgehead atoms. The summed E-state index contributed by atoms with van der Waals surface area (Å²) >= 11 is 6.79. The summed E-state index contributed by atoms with van der Waals surface area (Å²) in [6.07, 6.45) is 9.98. The van der Waals surface area contributed by atoms with E-state index in [0.717, 1.165) is 50.8 Å². The van der Waals surface area contributed by atoms with Gasteiger partial charge in [-0.05, 0) is 44.2 Å². The third kappa shape index (κ3) is 6.41. The highest BCUT2D eigenvalue weighted by molar-refractivity contribution is 8.26. The molecule has 6 heteroatoms. The Balaban J connectivity index is 1.41. The van der Waals surface area contributed by atoms with Crippen LogP contribution in [0.4, 0.5) is 0 Å². The van der Waals surface area contributed by atoms with Gasteiger partial charge in [0.15, 0.2) is 0 Å². The lowest BCUT2D eigenvalue weighted by atomic mass is 10.1. The minimum atomic E-state index is 0.00113. The molecule has 0 radical (unpaired) electrons. The molecule has 0 atom stereocenters. The SMILES string of the molecule is Cc1ccc(C=C2SC(=S)N(CCCCCC(=O)N3CCCCCC3)C2=O)cc1. The number of hydrogen-bond donors (Lipinski definition) is 0. The first-order valence-corrected chi connectivity index (χ1v) is 11.9. The largest absolute Gasteiger partial charge is 0.343 e. The highest BCUT2D eigenvalue weighted by atomic mass is 32.2. The number of carbonyl (C=O) groups is 2. The van der Waals surface area contributed by atoms with Crippen molar-refractivity contribution in [2.24, 2.45) is 0 Å². The normalized spacial score (nSPS) is 19.1. The van der Waals surface area contributed by atoms with Gasteiger partial charge >= 0.3 is 0 Å². The molecule has 2 saturated heterocycles. The number of unbranched alkanes of at least 4 members (excludes halogenated alkanes) is 2. The van der Waals surface area contributed by atoms with E-state index in [1.165, 1.54) is 30.2 Å². The Morgan fingerprint density at radius 3 is 2.45 bits per heavy atom. The van der Waals surface area contributed by atoms with Gasteiger partial charge in [0.2, 0.25) is 5.91 Å². The predicted octanol–water partition coefficient (Wildman–Crippen LogP) is 5.16. The minimum Gasteiger partial charge on any atom is -0.343 e. The standard InChI is InChI=1S/C23H30N2O2S2/c1-18-10-12-19(13-11-18)17-20-22(27)25(23(28)29-20)16-8-4-5-9-21(26)24-14-6-2-3-7-15-24/h10-13,17H,2-9,14-16H2,1H3. The second-order valence-corrected chi connectivity index (χ2v) is 9.53. The van der Waals surface area contributed by atoms with Gasteiger partial charge in [-0.3, -0.25) is 14.5 Å². The Labute approximate surface area is 183 Å². The summed E-state index contributed by atoms with van der Waals surface area (Å²) in [5, 5.41) is 0. The van der Waals surface area contributed by atoms with Crippen LogP contribution in [0, 0.1) is 6.92 Å². The summed E-state index contributed by atoms with van der Waals surface area (Å²) in [7, 11) is 0. The first kappa shape index (κ1) is 22.0. The zero-order valence-electron chi connectivity index (χ0n) is 17.2. The summed E-state index contributed by atoms with van der Waals surface area (Å²) in [5.41, 5.74) is 2.21. The molecule has 0 N–H and O–H groups in total. The molecule has 0 spiro atoms. The van der Waals surface area contributed by atoms with E-state index < -0.39 is 0 Å². The number of benzene rings is 1. The maximum Gasteiger partial charge on any atom is 0.266 e. The first-order valence-electron chi connectivity index (χ1n) is 10.6. The molecular weight excluding hydrogens is 400 g/mol. The summed E-state index contributed by atoms with van der Waals surface area (Å²) in [6.45, 7) is 4.52. The number of hydrogen-bond acceptors (Lipinski definition) is 4. The second-order valence-electron chi connectivity index (χ2n) is 7.85. The van der Waals surface area contributed by atoms with Crippen molar-refractivity contribution < 1.29 is 9.59 Å². The van der Waals surface area contributed by atoms with Crippen molar-refractivity contribution in [3.05, 3.63) is 40.3 Å². The Morgan fingerprint density at radius 1 is 1.07 bits per heavy atom. The highest BCUT2D eigenvalue weighted by Gasteiger charge is 2.31. The van der Waals surface area contributed by atoms with Crippen LogP contribution in [0.15, 0.2) is 29.2 Å². The number of thioether (sulfide) groups is 1. The average Bonchev–Trinajstić information content (AvgIpc) is 2.90. The van der Waals surface area contributed by atoms with E-state index >= 15 is 0 Å². The second kappa shape index (κ2) is 10.9. The zero-order chi connectivity index (χ0) is 20.6. The van der Waals surface area contributed by atoms with Crippen LogP contribution < -0.4 is 0 Å². The fourth-order valence-electron chi connectivity index (χ4n) is 3.71. The Kier molecular flexibility index (Phi) is 8.30. The van der Waals surface area contributed by atoms with E-state index in [1.54, 1.807) is 4.90 Å². The summed E-state index contributed by atoms with van der Waals surface area (Å²) in [5.74, 6) is 0.291. The van der Waals surface area contributed by atoms with E-state index in [-0.39, 0.29) is 5.91 Å². The molecule has 2 amide bonds. The van der Waals surface area contributed by atoms with Crippen molar-refractivity contribution in [1.29, 1.82) is 0 Å². The van der Waals surface area contributed by atoms with Gasteiger partial charge in [-0.1, -0.05) is 73.1 Å². The fraction of sp³-hybridized carbons (Fsp3) is 0.522. The van der Waals surface area contributed by atoms with Crippen LogP contribution >= 0.6 is 24.0 Å². The van der Waals surface area contributed by atoms with Gasteiger partial charge in [-0.15, -0.1) is 0 Å². The number of rotatable bonds is 7. The van der Waals surface area contributed by atoms with Gasteiger partial charge in [-0.2, -0.15) is 0 Å². The van der Waals surface area contributed by atoms with Crippen molar-refractivity contribution >= 4 is 46.2 Å². The van der Waals surface area contributed by atoms with Crippen molar-refractivity contribution in [3.8, 4) is 0 Å². The van der Waals surface area contributed by atoms with Crippen molar-refractivity contribution in [1.82, 2.24) is 9.80 Å². The average molecular weight is 431 g/mol. The maximum absolute atomic E-state index is 12.7. The number of carbonyl (C=O) groups excluding carboxylic acids is 2. The van der Waals surface area contributed by atoms with Crippen molar-refractivity contribution in [2.45, 2.75) is 58.3 Å². The molecule has 2 aliphatic rings. The molecule has 0 aliphatic carbocycles. The first-order chi connectivity index (χ1) is 14.0. The molecule has 0 aromatic heterocycles. The molecule has 156 valence electrons. The minimum absolute atomic E-state index is 0.00113. The van der Waals surface area contributed by atoms with Gasteiger partial charge in [-0.25, -0.2) is 0 Å². The molecule has 2 aliphatic heterocycles. The molecule has 2 heterocycles. The molecular formula is C23H30N2O2S2. The number of amides is 2. The monoisotopic (exact) mass is 430 g/mol. The molecule has 3 rings (SSSR count). The van der Waals surface area contributed by atoms with Crippen molar-refractivity contribution in [2.75, 3.05) is 19.6 Å². The van der Waals surface area contributed by atoms with Crippen LogP contribution in [-0.4, -0.2) is 45.6 Å². The van der Waals surface area contributed by atoms with E-state index in [9.17, 15) is 9.59 Å². The van der Waals surface area contributed by atoms with Crippen LogP contribution in [0.5, 0.6) is 0 Å². The van der Waals surface area contributed by atoms with Crippen LogP contribution in [0.2, 0.25) is 0 Å². The summed E-state index contributed by atoms with van der Waals surface area (Å²) in [4.78, 5) is 29.5. The van der Waals surface area contributed by atoms with Gasteiger partial charge in [0.05, 0.1) is 4.91 Å². The molecule has 4 nitrogen and oxygen atoms in total. The molecule has 29 heavy (non-hydrogen) atoms. The van der Waals surface area contributed by atoms with Gasteiger partial charge in [0.1, 0.15) is 4.32 Å². The zero-order valence-corrected chi connectivity index (χ0v) is 18.8. The number of thiocarbonyl (C=S) groups is 1. The Morgan fingerprint density at radius 2 is 1.76 bits per heavy atom. The molecule has 1 aromatic rings. The van der Waals surface area contributed by atoms with E-state index in [4.69, 9.17) is 12.2 Å². The van der Waals surface area contributed by atoms with Crippen LogP contribution in [0.1, 0.15) is 62.5 Å². The number of likely N-dealkylation sites (tertiary alicyclic amines) is 1. The third-order valence-electron chi connectivity index (χ3n) is 5.48. The van der Waals surface area contributed by atoms with Gasteiger partial charge in [0, 0.05) is 26.1 Å². The van der Waals surface area contributed by atoms with Gasteiger partial charge < -0.3 is 4.90 Å². The maximum atomic E-state index is 12.7. The lowest BCUT2D eigenvalue weighted by molar-refractivity contribution is -0.131.